The molecule has 3 rings (SSSR count). The van der Waals surface area contributed by atoms with Gasteiger partial charge in [-0.05, 0) is 43.0 Å². The van der Waals surface area contributed by atoms with Crippen molar-refractivity contribution in [2.75, 3.05) is 7.11 Å². The van der Waals surface area contributed by atoms with Gasteiger partial charge in [0.25, 0.3) is 0 Å². The molecule has 2 aromatic rings. The first-order valence-corrected chi connectivity index (χ1v) is 9.03. The average molecular weight is 376 g/mol. The van der Waals surface area contributed by atoms with Crippen LogP contribution in [0.15, 0.2) is 71.8 Å². The van der Waals surface area contributed by atoms with Gasteiger partial charge in [0, 0.05) is 17.4 Å². The number of carbonyl (C=O) groups is 1. The number of carbonyl (C=O) groups excluding carboxylic acids is 3. The van der Waals surface area contributed by atoms with E-state index < -0.39 is 0 Å². The molecule has 2 unspecified atom stereocenters. The minimum atomic E-state index is -0.242. The van der Waals surface area contributed by atoms with Crippen molar-refractivity contribution in [3.05, 3.63) is 94.1 Å². The monoisotopic (exact) mass is 376 g/mol. The van der Waals surface area contributed by atoms with E-state index in [1.165, 1.54) is 23.8 Å². The smallest absolute Gasteiger partial charge is 0.373 e. The summed E-state index contributed by atoms with van der Waals surface area (Å²) in [4.78, 5) is 28.9. The molecule has 28 heavy (non-hydrogen) atoms. The number of esters is 1. The van der Waals surface area contributed by atoms with Gasteiger partial charge in [0.15, 0.2) is 0 Å². The number of aryl methyl sites for hydroxylation is 2. The second-order valence-electron chi connectivity index (χ2n) is 6.73. The van der Waals surface area contributed by atoms with Crippen molar-refractivity contribution >= 4 is 12.1 Å². The van der Waals surface area contributed by atoms with Gasteiger partial charge in [0.1, 0.15) is 0 Å². The van der Waals surface area contributed by atoms with Crippen LogP contribution < -0.4 is 0 Å². The van der Waals surface area contributed by atoms with Crippen molar-refractivity contribution < 1.29 is 19.1 Å². The molecule has 0 aromatic heterocycles. The molecule has 4 nitrogen and oxygen atoms in total. The van der Waals surface area contributed by atoms with Gasteiger partial charge < -0.3 is 4.74 Å². The van der Waals surface area contributed by atoms with Crippen LogP contribution in [0.3, 0.4) is 0 Å². The predicted octanol–water partition coefficient (Wildman–Crippen LogP) is 4.65. The largest absolute Gasteiger partial charge is 0.466 e. The molecule has 0 amide bonds. The van der Waals surface area contributed by atoms with Crippen molar-refractivity contribution in [2.24, 2.45) is 0 Å². The van der Waals surface area contributed by atoms with Gasteiger partial charge >= 0.3 is 12.1 Å². The van der Waals surface area contributed by atoms with E-state index in [2.05, 4.69) is 63.3 Å². The fourth-order valence-corrected chi connectivity index (χ4v) is 3.74. The number of hydrogen-bond donors (Lipinski definition) is 0. The van der Waals surface area contributed by atoms with Crippen LogP contribution in [0.5, 0.6) is 0 Å². The maximum Gasteiger partial charge on any atom is 0.373 e. The molecule has 1 aliphatic rings. The van der Waals surface area contributed by atoms with E-state index >= 15 is 0 Å². The van der Waals surface area contributed by atoms with E-state index in [0.29, 0.717) is 0 Å². The topological polar surface area (TPSA) is 60.4 Å². The van der Waals surface area contributed by atoms with Gasteiger partial charge in [0.2, 0.25) is 0 Å². The maximum atomic E-state index is 12.6. The summed E-state index contributed by atoms with van der Waals surface area (Å²) in [6, 6.07) is 16.6. The zero-order valence-corrected chi connectivity index (χ0v) is 16.6. The van der Waals surface area contributed by atoms with E-state index in [1.54, 1.807) is 0 Å². The third-order valence-electron chi connectivity index (χ3n) is 5.15. The zero-order valence-electron chi connectivity index (χ0n) is 16.6. The predicted molar refractivity (Wildman–Crippen MR) is 107 cm³/mol. The number of allylic oxidation sites excluding steroid dienone is 3. The molecular weight excluding hydrogens is 352 g/mol. The summed E-state index contributed by atoms with van der Waals surface area (Å²) >= 11 is 0. The lowest BCUT2D eigenvalue weighted by Gasteiger charge is -2.29. The first-order chi connectivity index (χ1) is 13.5. The quantitative estimate of drug-likeness (QED) is 0.578. The Morgan fingerprint density at radius 3 is 1.71 bits per heavy atom. The Balaban J connectivity index is 0.000000878. The SMILES string of the molecule is COC(=O)C1=C(C)C(c2ccccc2C)C=CC1c1ccccc1C.O=C=O. The van der Waals surface area contributed by atoms with Crippen LogP contribution in [0, 0.1) is 13.8 Å². The summed E-state index contributed by atoms with van der Waals surface area (Å²) in [5.74, 6) is -0.196. The zero-order chi connectivity index (χ0) is 20.7. The van der Waals surface area contributed by atoms with Gasteiger partial charge in [-0.1, -0.05) is 66.3 Å². The Labute approximate surface area is 165 Å². The van der Waals surface area contributed by atoms with Crippen molar-refractivity contribution in [3.63, 3.8) is 0 Å². The van der Waals surface area contributed by atoms with E-state index in [9.17, 15) is 4.79 Å². The fraction of sp³-hybridized carbons (Fsp3) is 0.250. The Kier molecular flexibility index (Phi) is 7.25. The molecule has 2 aromatic carbocycles. The molecule has 0 N–H and O–H groups in total. The summed E-state index contributed by atoms with van der Waals surface area (Å²) in [5.41, 5.74) is 6.63. The molecule has 0 bridgehead atoms. The second kappa shape index (κ2) is 9.63. The van der Waals surface area contributed by atoms with Crippen molar-refractivity contribution in [3.8, 4) is 0 Å². The highest BCUT2D eigenvalue weighted by Crippen LogP contribution is 2.41. The molecule has 0 saturated heterocycles. The highest BCUT2D eigenvalue weighted by Gasteiger charge is 2.31. The number of hydrogen-bond acceptors (Lipinski definition) is 4. The molecule has 0 heterocycles. The van der Waals surface area contributed by atoms with Crippen LogP contribution in [-0.4, -0.2) is 19.2 Å². The number of benzene rings is 2. The lowest BCUT2D eigenvalue weighted by molar-refractivity contribution is -0.191. The third-order valence-corrected chi connectivity index (χ3v) is 5.15. The van der Waals surface area contributed by atoms with Crippen LogP contribution in [0.2, 0.25) is 0 Å². The average Bonchev–Trinajstić information content (AvgIpc) is 2.69. The molecule has 144 valence electrons. The lowest BCUT2D eigenvalue weighted by Crippen LogP contribution is -2.20. The Morgan fingerprint density at radius 2 is 1.25 bits per heavy atom. The van der Waals surface area contributed by atoms with E-state index in [1.807, 2.05) is 18.2 Å². The Hall–Kier alpha value is -3.23. The van der Waals surface area contributed by atoms with Gasteiger partial charge in [-0.15, -0.1) is 0 Å². The summed E-state index contributed by atoms with van der Waals surface area (Å²) in [5, 5.41) is 0. The summed E-state index contributed by atoms with van der Waals surface area (Å²) in [6.45, 7) is 6.25. The van der Waals surface area contributed by atoms with E-state index in [-0.39, 0.29) is 24.0 Å². The van der Waals surface area contributed by atoms with E-state index in [0.717, 1.165) is 16.7 Å². The molecule has 0 aliphatic heterocycles. The fourth-order valence-electron chi connectivity index (χ4n) is 3.74. The third kappa shape index (κ3) is 4.36. The van der Waals surface area contributed by atoms with Crippen LogP contribution >= 0.6 is 0 Å². The number of methoxy groups -OCH3 is 1. The summed E-state index contributed by atoms with van der Waals surface area (Å²) in [6.07, 6.45) is 4.62. The first-order valence-electron chi connectivity index (χ1n) is 9.03. The normalized spacial score (nSPS) is 18.0. The maximum absolute atomic E-state index is 12.6. The highest BCUT2D eigenvalue weighted by atomic mass is 16.5. The highest BCUT2D eigenvalue weighted by molar-refractivity contribution is 5.92. The van der Waals surface area contributed by atoms with Crippen LogP contribution in [0.1, 0.15) is 41.0 Å². The van der Waals surface area contributed by atoms with Gasteiger partial charge in [0.05, 0.1) is 7.11 Å². The summed E-state index contributed by atoms with van der Waals surface area (Å²) in [7, 11) is 1.46. The van der Waals surface area contributed by atoms with Crippen LogP contribution in [0.4, 0.5) is 0 Å². The molecule has 0 fully saturated rings. The Morgan fingerprint density at radius 1 is 0.821 bits per heavy atom. The lowest BCUT2D eigenvalue weighted by atomic mass is 9.75. The Bertz CT molecular complexity index is 947. The standard InChI is InChI=1S/C23H24O2.CO2/c1-15-9-5-7-11-18(15)20-13-14-21(19-12-8-6-10-16(19)2)22(17(20)3)23(24)25-4;2-1-3/h5-14,20-21H,1-4H3;. The second-order valence-corrected chi connectivity index (χ2v) is 6.73. The van der Waals surface area contributed by atoms with Crippen molar-refractivity contribution in [2.45, 2.75) is 32.6 Å². The molecule has 0 radical (unpaired) electrons. The minimum absolute atomic E-state index is 0.0612. The molecule has 2 atom stereocenters. The molecular formula is C24H24O4. The number of rotatable bonds is 3. The van der Waals surface area contributed by atoms with Crippen molar-refractivity contribution in [1.82, 2.24) is 0 Å². The summed E-state index contributed by atoms with van der Waals surface area (Å²) < 4.78 is 5.14. The molecule has 0 saturated carbocycles. The molecule has 4 heteroatoms. The molecule has 1 aliphatic carbocycles. The van der Waals surface area contributed by atoms with Gasteiger partial charge in [-0.3, -0.25) is 0 Å². The van der Waals surface area contributed by atoms with Gasteiger partial charge in [-0.25, -0.2) is 4.79 Å². The van der Waals surface area contributed by atoms with E-state index in [4.69, 9.17) is 14.3 Å². The first kappa shape index (κ1) is 21.1. The van der Waals surface area contributed by atoms with Crippen molar-refractivity contribution in [1.29, 1.82) is 0 Å². The van der Waals surface area contributed by atoms with Crippen LogP contribution in [0.25, 0.3) is 0 Å². The number of ether oxygens (including phenoxy) is 1. The molecule has 0 spiro atoms. The minimum Gasteiger partial charge on any atom is -0.466 e. The van der Waals surface area contributed by atoms with Gasteiger partial charge in [-0.2, -0.15) is 9.59 Å². The van der Waals surface area contributed by atoms with Crippen LogP contribution in [-0.2, 0) is 19.1 Å².